The monoisotopic (exact) mass is 274 g/mol. The molecule has 5 heteroatoms. The largest absolute Gasteiger partial charge is 0.352 e. The van der Waals surface area contributed by atoms with E-state index in [0.29, 0.717) is 18.3 Å². The predicted molar refractivity (Wildman–Crippen MR) is 79.8 cm³/mol. The summed E-state index contributed by atoms with van der Waals surface area (Å²) in [4.78, 5) is 22.7. The first-order chi connectivity index (χ1) is 9.76. The van der Waals surface area contributed by atoms with Crippen LogP contribution < -0.4 is 10.2 Å². The topological polar surface area (TPSA) is 58.1 Å². The molecule has 0 spiro atoms. The number of rotatable bonds is 5. The van der Waals surface area contributed by atoms with Crippen LogP contribution in [0.2, 0.25) is 0 Å². The summed E-state index contributed by atoms with van der Waals surface area (Å²) in [7, 11) is 0. The molecule has 5 nitrogen and oxygen atoms in total. The van der Waals surface area contributed by atoms with E-state index in [2.05, 4.69) is 33.7 Å². The highest BCUT2D eigenvalue weighted by Crippen LogP contribution is 2.24. The van der Waals surface area contributed by atoms with Crippen LogP contribution in [0.5, 0.6) is 0 Å². The van der Waals surface area contributed by atoms with Gasteiger partial charge in [0, 0.05) is 19.1 Å². The third-order valence-corrected chi connectivity index (χ3v) is 3.67. The van der Waals surface area contributed by atoms with Crippen molar-refractivity contribution in [3.63, 3.8) is 0 Å². The number of hydrogen-bond acceptors (Lipinski definition) is 4. The first kappa shape index (κ1) is 14.5. The van der Waals surface area contributed by atoms with Crippen LogP contribution in [0.3, 0.4) is 0 Å². The Morgan fingerprint density at radius 3 is 3.00 bits per heavy atom. The van der Waals surface area contributed by atoms with Gasteiger partial charge in [-0.05, 0) is 25.7 Å². The number of nitrogens with zero attached hydrogens (tertiary/aromatic N) is 3. The summed E-state index contributed by atoms with van der Waals surface area (Å²) >= 11 is 0. The molecular weight excluding hydrogens is 252 g/mol. The zero-order chi connectivity index (χ0) is 14.4. The van der Waals surface area contributed by atoms with Crippen molar-refractivity contribution < 1.29 is 4.79 Å². The molecule has 1 aliphatic heterocycles. The van der Waals surface area contributed by atoms with Gasteiger partial charge in [0.1, 0.15) is 11.5 Å². The number of carbonyl (C=O) groups excluding carboxylic acids is 1. The maximum atomic E-state index is 11.7. The zero-order valence-corrected chi connectivity index (χ0v) is 12.0. The van der Waals surface area contributed by atoms with Crippen molar-refractivity contribution in [2.45, 2.75) is 38.6 Å². The Labute approximate surface area is 120 Å². The summed E-state index contributed by atoms with van der Waals surface area (Å²) < 4.78 is 0. The molecule has 0 bridgehead atoms. The molecule has 1 aromatic heterocycles. The average molecular weight is 274 g/mol. The lowest BCUT2D eigenvalue weighted by molar-refractivity contribution is 0.0952. The second kappa shape index (κ2) is 7.03. The average Bonchev–Trinajstić information content (AvgIpc) is 2.52. The lowest BCUT2D eigenvalue weighted by atomic mass is 10.0. The quantitative estimate of drug-likeness (QED) is 0.836. The first-order valence-corrected chi connectivity index (χ1v) is 7.24. The van der Waals surface area contributed by atoms with E-state index in [0.717, 1.165) is 18.8 Å². The molecule has 20 heavy (non-hydrogen) atoms. The van der Waals surface area contributed by atoms with E-state index in [1.54, 1.807) is 18.5 Å². The second-order valence-electron chi connectivity index (χ2n) is 5.01. The van der Waals surface area contributed by atoms with Crippen LogP contribution in [-0.2, 0) is 0 Å². The van der Waals surface area contributed by atoms with Gasteiger partial charge in [-0.2, -0.15) is 0 Å². The summed E-state index contributed by atoms with van der Waals surface area (Å²) in [6.07, 6.45) is 9.69. The SMILES string of the molecule is C=CCNC(=O)c1cnc(N2CCCCC2CC)cn1. The molecule has 2 rings (SSSR count). The van der Waals surface area contributed by atoms with Crippen LogP contribution in [0.15, 0.2) is 25.0 Å². The fourth-order valence-corrected chi connectivity index (χ4v) is 2.57. The van der Waals surface area contributed by atoms with Gasteiger partial charge in [0.05, 0.1) is 12.4 Å². The van der Waals surface area contributed by atoms with Gasteiger partial charge >= 0.3 is 0 Å². The Morgan fingerprint density at radius 1 is 1.50 bits per heavy atom. The molecule has 1 fully saturated rings. The molecule has 2 heterocycles. The van der Waals surface area contributed by atoms with Crippen LogP contribution >= 0.6 is 0 Å². The highest BCUT2D eigenvalue weighted by Gasteiger charge is 2.22. The summed E-state index contributed by atoms with van der Waals surface area (Å²) in [6.45, 7) is 7.22. The minimum atomic E-state index is -0.213. The summed E-state index contributed by atoms with van der Waals surface area (Å²) in [5, 5.41) is 2.69. The molecule has 1 amide bonds. The van der Waals surface area contributed by atoms with Crippen molar-refractivity contribution in [3.05, 3.63) is 30.7 Å². The number of nitrogens with one attached hydrogen (secondary N) is 1. The molecule has 0 saturated carbocycles. The van der Waals surface area contributed by atoms with Gasteiger partial charge in [0.25, 0.3) is 5.91 Å². The Balaban J connectivity index is 2.07. The smallest absolute Gasteiger partial charge is 0.271 e. The first-order valence-electron chi connectivity index (χ1n) is 7.24. The normalized spacial score (nSPS) is 18.6. The Hall–Kier alpha value is -1.91. The van der Waals surface area contributed by atoms with Gasteiger partial charge in [-0.1, -0.05) is 13.0 Å². The van der Waals surface area contributed by atoms with E-state index in [4.69, 9.17) is 0 Å². The van der Waals surface area contributed by atoms with Crippen molar-refractivity contribution in [1.82, 2.24) is 15.3 Å². The van der Waals surface area contributed by atoms with Gasteiger partial charge in [-0.3, -0.25) is 4.79 Å². The predicted octanol–water partition coefficient (Wildman–Crippen LogP) is 2.16. The Kier molecular flexibility index (Phi) is 5.09. The highest BCUT2D eigenvalue weighted by molar-refractivity contribution is 5.92. The number of hydrogen-bond donors (Lipinski definition) is 1. The molecule has 0 aliphatic carbocycles. The lowest BCUT2D eigenvalue weighted by Crippen LogP contribution is -2.39. The van der Waals surface area contributed by atoms with Gasteiger partial charge in [-0.15, -0.1) is 6.58 Å². The van der Waals surface area contributed by atoms with E-state index in [-0.39, 0.29) is 5.91 Å². The summed E-state index contributed by atoms with van der Waals surface area (Å²) in [5.74, 6) is 0.659. The van der Waals surface area contributed by atoms with E-state index in [1.165, 1.54) is 19.3 Å². The molecule has 1 aromatic rings. The standard InChI is InChI=1S/C15H22N4O/c1-3-8-16-15(20)13-10-18-14(11-17-13)19-9-6-5-7-12(19)4-2/h3,10-12H,1,4-9H2,2H3,(H,16,20). The Bertz CT molecular complexity index is 457. The van der Waals surface area contributed by atoms with Crippen LogP contribution in [0.25, 0.3) is 0 Å². The lowest BCUT2D eigenvalue weighted by Gasteiger charge is -2.35. The van der Waals surface area contributed by atoms with Gasteiger partial charge in [0.2, 0.25) is 0 Å². The summed E-state index contributed by atoms with van der Waals surface area (Å²) in [5.41, 5.74) is 0.348. The highest BCUT2D eigenvalue weighted by atomic mass is 16.1. The number of piperidine rings is 1. The molecule has 0 aromatic carbocycles. The molecule has 1 N–H and O–H groups in total. The fraction of sp³-hybridized carbons (Fsp3) is 0.533. The zero-order valence-electron chi connectivity index (χ0n) is 12.0. The third kappa shape index (κ3) is 3.35. The third-order valence-electron chi connectivity index (χ3n) is 3.67. The van der Waals surface area contributed by atoms with Crippen molar-refractivity contribution >= 4 is 11.7 Å². The number of carbonyl (C=O) groups is 1. The maximum Gasteiger partial charge on any atom is 0.271 e. The maximum absolute atomic E-state index is 11.7. The minimum Gasteiger partial charge on any atom is -0.352 e. The van der Waals surface area contributed by atoms with E-state index >= 15 is 0 Å². The molecular formula is C15H22N4O. The van der Waals surface area contributed by atoms with E-state index < -0.39 is 0 Å². The molecule has 108 valence electrons. The molecule has 0 radical (unpaired) electrons. The van der Waals surface area contributed by atoms with Crippen LogP contribution in [-0.4, -0.2) is 35.0 Å². The van der Waals surface area contributed by atoms with Gasteiger partial charge in [0.15, 0.2) is 0 Å². The molecule has 1 unspecified atom stereocenters. The van der Waals surface area contributed by atoms with Crippen molar-refractivity contribution in [1.29, 1.82) is 0 Å². The molecule has 1 aliphatic rings. The van der Waals surface area contributed by atoms with Crippen molar-refractivity contribution in [2.75, 3.05) is 18.0 Å². The van der Waals surface area contributed by atoms with Gasteiger partial charge in [-0.25, -0.2) is 9.97 Å². The van der Waals surface area contributed by atoms with Crippen LogP contribution in [0.1, 0.15) is 43.1 Å². The molecule has 1 atom stereocenters. The summed E-state index contributed by atoms with van der Waals surface area (Å²) in [6, 6.07) is 0.540. The number of anilines is 1. The van der Waals surface area contributed by atoms with E-state index in [9.17, 15) is 4.79 Å². The Morgan fingerprint density at radius 2 is 2.35 bits per heavy atom. The van der Waals surface area contributed by atoms with Crippen molar-refractivity contribution in [2.24, 2.45) is 0 Å². The molecule has 1 saturated heterocycles. The number of amides is 1. The fourth-order valence-electron chi connectivity index (χ4n) is 2.57. The second-order valence-corrected chi connectivity index (χ2v) is 5.01. The van der Waals surface area contributed by atoms with Gasteiger partial charge < -0.3 is 10.2 Å². The van der Waals surface area contributed by atoms with Crippen LogP contribution in [0, 0.1) is 0 Å². The van der Waals surface area contributed by atoms with Crippen LogP contribution in [0.4, 0.5) is 5.82 Å². The van der Waals surface area contributed by atoms with E-state index in [1.807, 2.05) is 0 Å². The van der Waals surface area contributed by atoms with Crippen molar-refractivity contribution in [3.8, 4) is 0 Å². The number of aromatic nitrogens is 2. The minimum absolute atomic E-state index is 0.213.